The van der Waals surface area contributed by atoms with Crippen molar-refractivity contribution < 1.29 is 28.6 Å². The predicted octanol–water partition coefficient (Wildman–Crippen LogP) is 20.1. The molecule has 6 nitrogen and oxygen atoms in total. The molecule has 0 aliphatic rings. The second-order valence-electron chi connectivity index (χ2n) is 19.5. The van der Waals surface area contributed by atoms with Gasteiger partial charge in [0.25, 0.3) is 0 Å². The largest absolute Gasteiger partial charge is 0.462 e. The molecule has 0 aliphatic carbocycles. The smallest absolute Gasteiger partial charge is 0.306 e. The molecule has 0 saturated carbocycles. The van der Waals surface area contributed by atoms with Gasteiger partial charge in [0.15, 0.2) is 6.10 Å². The van der Waals surface area contributed by atoms with Crippen LogP contribution < -0.4 is 0 Å². The van der Waals surface area contributed by atoms with E-state index in [1.807, 2.05) is 0 Å². The maximum atomic E-state index is 12.8. The zero-order chi connectivity index (χ0) is 51.4. The monoisotopic (exact) mass is 987 g/mol. The topological polar surface area (TPSA) is 78.9 Å². The third-order valence-electron chi connectivity index (χ3n) is 12.6. The van der Waals surface area contributed by atoms with Crippen LogP contribution in [0, 0.1) is 0 Å². The molecular weight excluding hydrogens is 877 g/mol. The van der Waals surface area contributed by atoms with Crippen LogP contribution in [0.15, 0.2) is 97.2 Å². The van der Waals surface area contributed by atoms with Crippen molar-refractivity contribution >= 4 is 17.9 Å². The number of unbranched alkanes of at least 4 members (excludes halogenated alkanes) is 26. The van der Waals surface area contributed by atoms with E-state index in [2.05, 4.69) is 118 Å². The zero-order valence-corrected chi connectivity index (χ0v) is 46.5. The summed E-state index contributed by atoms with van der Waals surface area (Å²) in [5.74, 6) is -0.897. The van der Waals surface area contributed by atoms with Gasteiger partial charge in [0, 0.05) is 19.3 Å². The van der Waals surface area contributed by atoms with Gasteiger partial charge in [0.2, 0.25) is 0 Å². The molecule has 1 atom stereocenters. The molecule has 0 fully saturated rings. The molecule has 0 aromatic rings. The molecule has 0 aromatic heterocycles. The lowest BCUT2D eigenvalue weighted by Gasteiger charge is -2.18. The first-order valence-corrected chi connectivity index (χ1v) is 29.7. The molecule has 6 heteroatoms. The minimum atomic E-state index is -0.782. The van der Waals surface area contributed by atoms with E-state index in [0.717, 1.165) is 128 Å². The molecule has 0 amide bonds. The van der Waals surface area contributed by atoms with Crippen molar-refractivity contribution in [2.24, 2.45) is 0 Å². The number of rotatable bonds is 53. The average molecular weight is 988 g/mol. The number of allylic oxidation sites excluding steroid dienone is 16. The first kappa shape index (κ1) is 67.3. The Balaban J connectivity index is 4.13. The molecule has 0 aliphatic heterocycles. The van der Waals surface area contributed by atoms with Crippen LogP contribution in [0.2, 0.25) is 0 Å². The van der Waals surface area contributed by atoms with Crippen molar-refractivity contribution in [1.82, 2.24) is 0 Å². The molecule has 0 saturated heterocycles. The van der Waals surface area contributed by atoms with Gasteiger partial charge in [0.1, 0.15) is 13.2 Å². The van der Waals surface area contributed by atoms with Gasteiger partial charge in [0.05, 0.1) is 0 Å². The van der Waals surface area contributed by atoms with Gasteiger partial charge in [-0.25, -0.2) is 0 Å². The molecule has 0 aromatic carbocycles. The third-order valence-corrected chi connectivity index (χ3v) is 12.6. The molecule has 0 bridgehead atoms. The molecule has 0 radical (unpaired) electrons. The number of esters is 3. The van der Waals surface area contributed by atoms with Crippen LogP contribution in [0.4, 0.5) is 0 Å². The van der Waals surface area contributed by atoms with Crippen molar-refractivity contribution in [1.29, 1.82) is 0 Å². The fraction of sp³-hybridized carbons (Fsp3) is 0.708. The van der Waals surface area contributed by atoms with E-state index < -0.39 is 6.10 Å². The molecule has 0 heterocycles. The lowest BCUT2D eigenvalue weighted by atomic mass is 10.0. The number of carbonyl (C=O) groups excluding carboxylic acids is 3. The second-order valence-corrected chi connectivity index (χ2v) is 19.5. The maximum absolute atomic E-state index is 12.8. The summed E-state index contributed by atoms with van der Waals surface area (Å²) in [5, 5.41) is 0. The van der Waals surface area contributed by atoms with E-state index in [0.29, 0.717) is 19.3 Å². The minimum Gasteiger partial charge on any atom is -0.462 e. The van der Waals surface area contributed by atoms with Crippen molar-refractivity contribution in [3.8, 4) is 0 Å². The highest BCUT2D eigenvalue weighted by molar-refractivity contribution is 5.71. The van der Waals surface area contributed by atoms with Crippen molar-refractivity contribution in [3.63, 3.8) is 0 Å². The highest BCUT2D eigenvalue weighted by atomic mass is 16.6. The Kier molecular flexibility index (Phi) is 55.9. The van der Waals surface area contributed by atoms with Crippen molar-refractivity contribution in [2.45, 2.75) is 284 Å². The summed E-state index contributed by atoms with van der Waals surface area (Å²) in [5.41, 5.74) is 0. The van der Waals surface area contributed by atoms with E-state index in [-0.39, 0.29) is 31.1 Å². The fourth-order valence-corrected chi connectivity index (χ4v) is 8.13. The molecule has 0 N–H and O–H groups in total. The summed E-state index contributed by atoms with van der Waals surface area (Å²) < 4.78 is 16.8. The standard InChI is InChI=1S/C65H110O6/c1-4-7-10-13-16-19-21-23-24-25-26-27-28-29-30-31-32-33-34-35-36-37-38-39-40-42-43-46-49-52-55-58-64(67)70-61-62(60-69-63(66)57-54-51-48-45-18-15-12-9-6-3)71-65(68)59-56-53-50-47-44-41-22-20-17-14-11-8-5-2/h7,10-11,14,16,19-20,22-24,26-27,29-30,32-33,62H,4-6,8-9,12-13,15,17-18,21,25,28,31,34-61H2,1-3H3/b10-7-,14-11-,19-16-,22-20-,24-23-,27-26-,30-29-,33-32-. The van der Waals surface area contributed by atoms with Gasteiger partial charge in [-0.1, -0.05) is 259 Å². The molecule has 406 valence electrons. The molecular formula is C65H110O6. The van der Waals surface area contributed by atoms with Crippen molar-refractivity contribution in [2.75, 3.05) is 13.2 Å². The van der Waals surface area contributed by atoms with Gasteiger partial charge < -0.3 is 14.2 Å². The Labute approximate surface area is 438 Å². The van der Waals surface area contributed by atoms with Gasteiger partial charge in [-0.05, 0) is 96.3 Å². The van der Waals surface area contributed by atoms with Gasteiger partial charge >= 0.3 is 17.9 Å². The Morgan fingerprint density at radius 1 is 0.296 bits per heavy atom. The predicted molar refractivity (Wildman–Crippen MR) is 307 cm³/mol. The van der Waals surface area contributed by atoms with Crippen LogP contribution in [-0.2, 0) is 28.6 Å². The zero-order valence-electron chi connectivity index (χ0n) is 46.5. The van der Waals surface area contributed by atoms with E-state index in [9.17, 15) is 14.4 Å². The Morgan fingerprint density at radius 2 is 0.577 bits per heavy atom. The number of hydrogen-bond acceptors (Lipinski definition) is 6. The van der Waals surface area contributed by atoms with Gasteiger partial charge in [-0.3, -0.25) is 14.4 Å². The van der Waals surface area contributed by atoms with Crippen LogP contribution in [0.3, 0.4) is 0 Å². The first-order chi connectivity index (χ1) is 35.0. The van der Waals surface area contributed by atoms with E-state index >= 15 is 0 Å². The van der Waals surface area contributed by atoms with E-state index in [4.69, 9.17) is 14.2 Å². The summed E-state index contributed by atoms with van der Waals surface area (Å²) in [7, 11) is 0. The lowest BCUT2D eigenvalue weighted by molar-refractivity contribution is -0.167. The van der Waals surface area contributed by atoms with Gasteiger partial charge in [-0.2, -0.15) is 0 Å². The van der Waals surface area contributed by atoms with E-state index in [1.54, 1.807) is 0 Å². The highest BCUT2D eigenvalue weighted by Crippen LogP contribution is 2.15. The highest BCUT2D eigenvalue weighted by Gasteiger charge is 2.19. The first-order valence-electron chi connectivity index (χ1n) is 29.7. The quantitative estimate of drug-likeness (QED) is 0.0261. The Morgan fingerprint density at radius 3 is 0.915 bits per heavy atom. The van der Waals surface area contributed by atoms with Crippen LogP contribution in [0.5, 0.6) is 0 Å². The fourth-order valence-electron chi connectivity index (χ4n) is 8.13. The molecule has 0 spiro atoms. The summed E-state index contributed by atoms with van der Waals surface area (Å²) in [6.45, 7) is 6.43. The second kappa shape index (κ2) is 58.9. The summed E-state index contributed by atoms with van der Waals surface area (Å²) in [6, 6.07) is 0. The third kappa shape index (κ3) is 57.1. The minimum absolute atomic E-state index is 0.0811. The van der Waals surface area contributed by atoms with Crippen LogP contribution >= 0.6 is 0 Å². The van der Waals surface area contributed by atoms with E-state index in [1.165, 1.54) is 109 Å². The normalized spacial score (nSPS) is 12.8. The lowest BCUT2D eigenvalue weighted by Crippen LogP contribution is -2.30. The summed E-state index contributed by atoms with van der Waals surface area (Å²) in [6.07, 6.45) is 78.5. The van der Waals surface area contributed by atoms with Gasteiger partial charge in [-0.15, -0.1) is 0 Å². The average Bonchev–Trinajstić information content (AvgIpc) is 3.37. The Bertz CT molecular complexity index is 1410. The summed E-state index contributed by atoms with van der Waals surface area (Å²) in [4.78, 5) is 38.0. The maximum Gasteiger partial charge on any atom is 0.306 e. The number of ether oxygens (including phenoxy) is 3. The number of carbonyl (C=O) groups is 3. The summed E-state index contributed by atoms with van der Waals surface area (Å²) >= 11 is 0. The molecule has 71 heavy (non-hydrogen) atoms. The van der Waals surface area contributed by atoms with Crippen LogP contribution in [0.1, 0.15) is 278 Å². The van der Waals surface area contributed by atoms with Crippen LogP contribution in [0.25, 0.3) is 0 Å². The number of hydrogen-bond donors (Lipinski definition) is 0. The molecule has 1 unspecified atom stereocenters. The SMILES string of the molecule is CC/C=C\C/C=C\C/C=C\C/C=C\C/C=C\C/C=C\CCCCCCCCCCCCCCC(=O)OCC(COC(=O)CCCCCCCCCCC)OC(=O)CCCCCCC/C=C\C/C=C\CCC. The van der Waals surface area contributed by atoms with Crippen molar-refractivity contribution in [3.05, 3.63) is 97.2 Å². The Hall–Kier alpha value is -3.67. The van der Waals surface area contributed by atoms with Crippen LogP contribution in [-0.4, -0.2) is 37.2 Å². The molecule has 0 rings (SSSR count).